The summed E-state index contributed by atoms with van der Waals surface area (Å²) in [5, 5.41) is 23.1. The molecule has 0 fully saturated rings. The van der Waals surface area contributed by atoms with Crippen LogP contribution in [0.3, 0.4) is 0 Å². The van der Waals surface area contributed by atoms with Gasteiger partial charge in [0.2, 0.25) is 0 Å². The Hall–Kier alpha value is -3.70. The summed E-state index contributed by atoms with van der Waals surface area (Å²) in [5.74, 6) is -0.750. The highest BCUT2D eigenvalue weighted by Crippen LogP contribution is 2.41. The van der Waals surface area contributed by atoms with Crippen molar-refractivity contribution >= 4 is 67.1 Å². The number of rotatable bonds is 7. The smallest absolute Gasteiger partial charge is 0.298 e. The third-order valence-electron chi connectivity index (χ3n) is 5.52. The average Bonchev–Trinajstić information content (AvgIpc) is 2.86. The summed E-state index contributed by atoms with van der Waals surface area (Å²) in [6.45, 7) is 3.74. The second-order valence-corrected chi connectivity index (χ2v) is 10.3. The van der Waals surface area contributed by atoms with Gasteiger partial charge in [-0.1, -0.05) is 53.5 Å². The molecule has 0 unspecified atom stereocenters. The Bertz CT molecular complexity index is 1710. The molecule has 0 saturated heterocycles. The van der Waals surface area contributed by atoms with Gasteiger partial charge in [-0.15, -0.1) is 10.2 Å². The van der Waals surface area contributed by atoms with Crippen LogP contribution in [0.2, 0.25) is 10.0 Å². The number of carbonyl (C=O) groups is 1. The maximum atomic E-state index is 13.2. The van der Waals surface area contributed by atoms with E-state index in [1.165, 1.54) is 18.2 Å². The van der Waals surface area contributed by atoms with E-state index in [4.69, 9.17) is 27.9 Å². The molecule has 3 N–H and O–H groups in total. The van der Waals surface area contributed by atoms with Crippen molar-refractivity contribution in [3.8, 4) is 11.5 Å². The molecule has 4 aromatic rings. The Kier molecular flexibility index (Phi) is 7.89. The number of phenolic OH excluding ortho intramolecular Hbond substituents is 1. The summed E-state index contributed by atoms with van der Waals surface area (Å²) in [6, 6.07) is 15.9. The molecule has 0 heterocycles. The molecule has 0 aliphatic heterocycles. The molecule has 38 heavy (non-hydrogen) atoms. The van der Waals surface area contributed by atoms with Crippen LogP contribution in [0, 0.1) is 6.92 Å². The quantitative estimate of drug-likeness (QED) is 0.155. The molecule has 0 aliphatic rings. The van der Waals surface area contributed by atoms with Crippen LogP contribution in [-0.4, -0.2) is 30.6 Å². The third-order valence-corrected chi connectivity index (χ3v) is 7.19. The van der Waals surface area contributed by atoms with E-state index >= 15 is 0 Å². The first-order valence-electron chi connectivity index (χ1n) is 11.2. The van der Waals surface area contributed by atoms with Crippen molar-refractivity contribution in [1.29, 1.82) is 0 Å². The zero-order valence-corrected chi connectivity index (χ0v) is 22.4. The maximum Gasteiger partial charge on any atom is 0.298 e. The monoisotopic (exact) mass is 573 g/mol. The highest BCUT2D eigenvalue weighted by molar-refractivity contribution is 7.86. The minimum Gasteiger partial charge on any atom is -0.505 e. The zero-order chi connectivity index (χ0) is 27.6. The Labute approximate surface area is 228 Å². The number of phenols is 1. The summed E-state index contributed by atoms with van der Waals surface area (Å²) >= 11 is 12.1. The van der Waals surface area contributed by atoms with Gasteiger partial charge in [-0.2, -0.15) is 8.42 Å². The van der Waals surface area contributed by atoms with E-state index < -0.39 is 26.7 Å². The van der Waals surface area contributed by atoms with E-state index in [1.807, 2.05) is 0 Å². The van der Waals surface area contributed by atoms with Crippen LogP contribution < -0.4 is 10.1 Å². The molecule has 0 aliphatic carbocycles. The van der Waals surface area contributed by atoms with E-state index in [1.54, 1.807) is 56.3 Å². The van der Waals surface area contributed by atoms with Crippen LogP contribution in [0.25, 0.3) is 10.8 Å². The fraction of sp³-hybridized carbons (Fsp3) is 0.115. The van der Waals surface area contributed by atoms with Gasteiger partial charge in [-0.25, -0.2) is 0 Å². The van der Waals surface area contributed by atoms with E-state index in [9.17, 15) is 22.9 Å². The number of fused-ring (bicyclic) bond motifs is 1. The van der Waals surface area contributed by atoms with Gasteiger partial charge in [0, 0.05) is 17.1 Å². The van der Waals surface area contributed by atoms with Crippen molar-refractivity contribution < 1.29 is 27.6 Å². The van der Waals surface area contributed by atoms with Crippen molar-refractivity contribution in [1.82, 2.24) is 0 Å². The predicted molar refractivity (Wildman–Crippen MR) is 146 cm³/mol. The number of aryl methyl sites for hydroxylation is 1. The number of amides is 1. The maximum absolute atomic E-state index is 13.2. The van der Waals surface area contributed by atoms with Gasteiger partial charge in [0.25, 0.3) is 16.0 Å². The van der Waals surface area contributed by atoms with E-state index in [0.717, 1.165) is 0 Å². The molecule has 9 nitrogen and oxygen atoms in total. The van der Waals surface area contributed by atoms with Gasteiger partial charge in [0.05, 0.1) is 22.2 Å². The van der Waals surface area contributed by atoms with Crippen molar-refractivity contribution in [2.45, 2.75) is 18.7 Å². The van der Waals surface area contributed by atoms with Gasteiger partial charge >= 0.3 is 0 Å². The molecule has 0 spiro atoms. The lowest BCUT2D eigenvalue weighted by atomic mass is 10.0. The molecule has 1 amide bonds. The van der Waals surface area contributed by atoms with E-state index in [-0.39, 0.29) is 22.0 Å². The lowest BCUT2D eigenvalue weighted by Crippen LogP contribution is -2.12. The third kappa shape index (κ3) is 5.58. The largest absolute Gasteiger partial charge is 0.505 e. The number of hydrogen-bond donors (Lipinski definition) is 3. The molecule has 0 atom stereocenters. The number of halogens is 2. The molecular formula is C26H21Cl2N3O6S. The van der Waals surface area contributed by atoms with Gasteiger partial charge in [-0.05, 0) is 49.1 Å². The summed E-state index contributed by atoms with van der Waals surface area (Å²) < 4.78 is 39.1. The SMILES string of the molecule is CCOc1cc(NC(=O)c2cc3ccccc3c(N=Nc3c(C)ccc(Cl)c3S(=O)(=O)O)c2O)ccc1Cl. The van der Waals surface area contributed by atoms with Gasteiger partial charge < -0.3 is 15.2 Å². The molecule has 4 rings (SSSR count). The number of nitrogens with zero attached hydrogens (tertiary/aromatic N) is 2. The summed E-state index contributed by atoms with van der Waals surface area (Å²) in [6.07, 6.45) is 0. The highest BCUT2D eigenvalue weighted by atomic mass is 35.5. The topological polar surface area (TPSA) is 138 Å². The Morgan fingerprint density at radius 2 is 1.68 bits per heavy atom. The standard InChI is InChI=1S/C26H21Cl2N3O6S/c1-3-37-21-13-16(9-11-19(21)27)29-26(33)18-12-15-6-4-5-7-17(15)23(24(18)32)31-30-22-14(2)8-10-20(28)25(22)38(34,35)36/h4-13,32H,3H2,1-2H3,(H,29,33)(H,34,35,36). The Balaban J connectivity index is 1.82. The minimum absolute atomic E-state index is 0.0833. The number of carbonyl (C=O) groups excluding carboxylic acids is 1. The van der Waals surface area contributed by atoms with Crippen LogP contribution in [0.1, 0.15) is 22.8 Å². The molecule has 196 valence electrons. The molecule has 0 radical (unpaired) electrons. The lowest BCUT2D eigenvalue weighted by Gasteiger charge is -2.13. The summed E-state index contributed by atoms with van der Waals surface area (Å²) in [5.41, 5.74) is 0.341. The van der Waals surface area contributed by atoms with Gasteiger partial charge in [-0.3, -0.25) is 9.35 Å². The Morgan fingerprint density at radius 1 is 1.00 bits per heavy atom. The van der Waals surface area contributed by atoms with Crippen molar-refractivity contribution in [3.05, 3.63) is 81.8 Å². The molecule has 0 saturated carbocycles. The predicted octanol–water partition coefficient (Wildman–Crippen LogP) is 7.47. The van der Waals surface area contributed by atoms with Crippen molar-refractivity contribution in [3.63, 3.8) is 0 Å². The first-order valence-corrected chi connectivity index (χ1v) is 13.4. The number of azo groups is 1. The molecule has 0 bridgehead atoms. The number of nitrogens with one attached hydrogen (secondary N) is 1. The molecule has 12 heteroatoms. The number of aromatic hydroxyl groups is 1. The van der Waals surface area contributed by atoms with Gasteiger partial charge in [0.1, 0.15) is 22.0 Å². The van der Waals surface area contributed by atoms with Crippen LogP contribution in [0.4, 0.5) is 17.1 Å². The van der Waals surface area contributed by atoms with E-state index in [0.29, 0.717) is 39.4 Å². The zero-order valence-electron chi connectivity index (χ0n) is 20.1. The number of anilines is 1. The number of ether oxygens (including phenoxy) is 1. The molecular weight excluding hydrogens is 553 g/mol. The molecule has 0 aromatic heterocycles. The number of hydrogen-bond acceptors (Lipinski definition) is 7. The minimum atomic E-state index is -4.74. The van der Waals surface area contributed by atoms with E-state index in [2.05, 4.69) is 15.5 Å². The second-order valence-electron chi connectivity index (χ2n) is 8.09. The van der Waals surface area contributed by atoms with Crippen LogP contribution in [-0.2, 0) is 10.1 Å². The van der Waals surface area contributed by atoms with Gasteiger partial charge in [0.15, 0.2) is 5.75 Å². The fourth-order valence-corrected chi connectivity index (χ4v) is 5.13. The van der Waals surface area contributed by atoms with Crippen LogP contribution in [0.5, 0.6) is 11.5 Å². The fourth-order valence-electron chi connectivity index (χ4n) is 3.75. The second kappa shape index (κ2) is 11.0. The normalized spacial score (nSPS) is 11.7. The van der Waals surface area contributed by atoms with Crippen LogP contribution >= 0.6 is 23.2 Å². The first kappa shape index (κ1) is 27.3. The summed E-state index contributed by atoms with van der Waals surface area (Å²) in [4.78, 5) is 12.6. The Morgan fingerprint density at radius 3 is 2.39 bits per heavy atom. The van der Waals surface area contributed by atoms with Crippen molar-refractivity contribution in [2.75, 3.05) is 11.9 Å². The summed E-state index contributed by atoms with van der Waals surface area (Å²) in [7, 11) is -4.74. The highest BCUT2D eigenvalue weighted by Gasteiger charge is 2.23. The first-order chi connectivity index (χ1) is 18.0. The molecule has 4 aromatic carbocycles. The van der Waals surface area contributed by atoms with Crippen molar-refractivity contribution in [2.24, 2.45) is 10.2 Å². The number of benzene rings is 4. The van der Waals surface area contributed by atoms with Crippen LogP contribution in [0.15, 0.2) is 75.8 Å². The average molecular weight is 574 g/mol. The lowest BCUT2D eigenvalue weighted by molar-refractivity contribution is 0.102.